The summed E-state index contributed by atoms with van der Waals surface area (Å²) in [6.45, 7) is 4.61. The van der Waals surface area contributed by atoms with E-state index in [1.54, 1.807) is 6.92 Å². The van der Waals surface area contributed by atoms with Gasteiger partial charge in [-0.25, -0.2) is 8.42 Å². The highest BCUT2D eigenvalue weighted by Gasteiger charge is 2.40. The molecule has 1 saturated heterocycles. The predicted octanol–water partition coefficient (Wildman–Crippen LogP) is 2.11. The van der Waals surface area contributed by atoms with E-state index in [1.165, 1.54) is 4.31 Å². The molecule has 2 heterocycles. The molecule has 2 aliphatic rings. The molecule has 1 fully saturated rings. The number of anilines is 1. The Bertz CT molecular complexity index is 970. The second kappa shape index (κ2) is 8.16. The second-order valence-corrected chi connectivity index (χ2v) is 9.79. The average molecular weight is 414 g/mol. The number of carbonyl (C=O) groups excluding carboxylic acids is 1. The first-order valence-electron chi connectivity index (χ1n) is 10.1. The van der Waals surface area contributed by atoms with E-state index in [9.17, 15) is 13.2 Å². The summed E-state index contributed by atoms with van der Waals surface area (Å²) in [5, 5.41) is 0. The van der Waals surface area contributed by atoms with E-state index >= 15 is 0 Å². The number of hydrogen-bond donors (Lipinski definition) is 0. The van der Waals surface area contributed by atoms with Crippen molar-refractivity contribution in [1.82, 2.24) is 9.21 Å². The summed E-state index contributed by atoms with van der Waals surface area (Å²) in [6, 6.07) is 17.3. The van der Waals surface area contributed by atoms with Gasteiger partial charge in [0.05, 0.1) is 5.75 Å². The van der Waals surface area contributed by atoms with Gasteiger partial charge in [0.1, 0.15) is 6.04 Å². The lowest BCUT2D eigenvalue weighted by Gasteiger charge is -2.41. The molecule has 2 aromatic carbocycles. The Labute approximate surface area is 172 Å². The Morgan fingerprint density at radius 2 is 1.55 bits per heavy atom. The van der Waals surface area contributed by atoms with Gasteiger partial charge in [0.25, 0.3) is 0 Å². The molecule has 7 heteroatoms. The maximum atomic E-state index is 13.4. The number of sulfonamides is 1. The lowest BCUT2D eigenvalue weighted by Crippen LogP contribution is -2.57. The van der Waals surface area contributed by atoms with Crippen molar-refractivity contribution in [3.8, 4) is 0 Å². The average Bonchev–Trinajstić information content (AvgIpc) is 2.78. The van der Waals surface area contributed by atoms with Gasteiger partial charge in [0, 0.05) is 38.4 Å². The topological polar surface area (TPSA) is 60.9 Å². The third-order valence-corrected chi connectivity index (χ3v) is 7.75. The van der Waals surface area contributed by atoms with Crippen molar-refractivity contribution in [2.45, 2.75) is 25.9 Å². The van der Waals surface area contributed by atoms with Crippen LogP contribution in [0.2, 0.25) is 0 Å². The minimum atomic E-state index is -3.48. The van der Waals surface area contributed by atoms with Gasteiger partial charge in [0.2, 0.25) is 15.9 Å². The number of rotatable bonds is 4. The van der Waals surface area contributed by atoms with Crippen molar-refractivity contribution >= 4 is 21.6 Å². The Morgan fingerprint density at radius 3 is 2.21 bits per heavy atom. The van der Waals surface area contributed by atoms with Crippen molar-refractivity contribution in [1.29, 1.82) is 0 Å². The summed E-state index contributed by atoms with van der Waals surface area (Å²) in [6.07, 6.45) is 0.438. The first-order chi connectivity index (χ1) is 14.0. The SMILES string of the molecule is CCS(=O)(=O)N1Cc2ccccc2C[C@H]1C(=O)N1CCN(c2ccccc2)CC1. The molecule has 29 heavy (non-hydrogen) atoms. The molecule has 0 spiro atoms. The minimum absolute atomic E-state index is 0.000726. The Balaban J connectivity index is 1.52. The molecule has 0 aliphatic carbocycles. The molecular weight excluding hydrogens is 386 g/mol. The van der Waals surface area contributed by atoms with Gasteiger partial charge in [-0.3, -0.25) is 4.79 Å². The van der Waals surface area contributed by atoms with Gasteiger partial charge < -0.3 is 9.80 Å². The Kier molecular flexibility index (Phi) is 5.61. The van der Waals surface area contributed by atoms with Crippen LogP contribution >= 0.6 is 0 Å². The third kappa shape index (κ3) is 4.02. The lowest BCUT2D eigenvalue weighted by molar-refractivity contribution is -0.136. The number of amides is 1. The highest BCUT2D eigenvalue weighted by molar-refractivity contribution is 7.89. The second-order valence-electron chi connectivity index (χ2n) is 7.58. The maximum Gasteiger partial charge on any atom is 0.241 e. The summed E-state index contributed by atoms with van der Waals surface area (Å²) < 4.78 is 26.9. The van der Waals surface area contributed by atoms with Crippen molar-refractivity contribution in [2.75, 3.05) is 36.8 Å². The van der Waals surface area contributed by atoms with Crippen LogP contribution in [-0.2, 0) is 27.8 Å². The van der Waals surface area contributed by atoms with Crippen molar-refractivity contribution < 1.29 is 13.2 Å². The maximum absolute atomic E-state index is 13.4. The van der Waals surface area contributed by atoms with Gasteiger partial charge in [0.15, 0.2) is 0 Å². The van der Waals surface area contributed by atoms with Crippen LogP contribution in [0.1, 0.15) is 18.1 Å². The van der Waals surface area contributed by atoms with E-state index in [0.29, 0.717) is 19.5 Å². The van der Waals surface area contributed by atoms with E-state index < -0.39 is 16.1 Å². The quantitative estimate of drug-likeness (QED) is 0.770. The molecule has 2 aliphatic heterocycles. The van der Waals surface area contributed by atoms with Crippen LogP contribution in [0.25, 0.3) is 0 Å². The van der Waals surface area contributed by atoms with Crippen LogP contribution < -0.4 is 4.90 Å². The number of para-hydroxylation sites is 1. The fourth-order valence-corrected chi connectivity index (χ4v) is 5.42. The lowest BCUT2D eigenvalue weighted by atomic mass is 9.95. The van der Waals surface area contributed by atoms with Gasteiger partial charge in [-0.2, -0.15) is 4.31 Å². The number of fused-ring (bicyclic) bond motifs is 1. The first-order valence-corrected chi connectivity index (χ1v) is 11.8. The molecule has 0 radical (unpaired) electrons. The third-order valence-electron chi connectivity index (χ3n) is 5.93. The van der Waals surface area contributed by atoms with E-state index in [-0.39, 0.29) is 18.2 Å². The van der Waals surface area contributed by atoms with E-state index in [0.717, 1.165) is 29.9 Å². The molecule has 154 valence electrons. The molecule has 2 aromatic rings. The van der Waals surface area contributed by atoms with Gasteiger partial charge >= 0.3 is 0 Å². The van der Waals surface area contributed by atoms with Gasteiger partial charge in [-0.05, 0) is 36.6 Å². The van der Waals surface area contributed by atoms with Crippen LogP contribution in [0.3, 0.4) is 0 Å². The zero-order valence-electron chi connectivity index (χ0n) is 16.7. The summed E-state index contributed by atoms with van der Waals surface area (Å²) in [5.41, 5.74) is 3.21. The fraction of sp³-hybridized carbons (Fsp3) is 0.409. The predicted molar refractivity (Wildman–Crippen MR) is 114 cm³/mol. The monoisotopic (exact) mass is 413 g/mol. The zero-order valence-corrected chi connectivity index (χ0v) is 17.5. The number of carbonyl (C=O) groups is 1. The Hall–Kier alpha value is -2.38. The van der Waals surface area contributed by atoms with Crippen molar-refractivity contribution in [3.63, 3.8) is 0 Å². The molecule has 0 N–H and O–H groups in total. The summed E-state index contributed by atoms with van der Waals surface area (Å²) in [4.78, 5) is 17.5. The minimum Gasteiger partial charge on any atom is -0.368 e. The van der Waals surface area contributed by atoms with Crippen LogP contribution in [0.4, 0.5) is 5.69 Å². The molecular formula is C22H27N3O3S. The van der Waals surface area contributed by atoms with E-state index in [1.807, 2.05) is 47.4 Å². The fourth-order valence-electron chi connectivity index (χ4n) is 4.20. The zero-order chi connectivity index (χ0) is 20.4. The molecule has 0 aromatic heterocycles. The summed E-state index contributed by atoms with van der Waals surface area (Å²) in [7, 11) is -3.48. The van der Waals surface area contributed by atoms with E-state index in [4.69, 9.17) is 0 Å². The molecule has 1 atom stereocenters. The highest BCUT2D eigenvalue weighted by atomic mass is 32.2. The summed E-state index contributed by atoms with van der Waals surface area (Å²) in [5.74, 6) is -0.0787. The van der Waals surface area contributed by atoms with Crippen LogP contribution in [0.15, 0.2) is 54.6 Å². The normalized spacial score (nSPS) is 20.4. The van der Waals surface area contributed by atoms with Gasteiger partial charge in [-0.1, -0.05) is 42.5 Å². The van der Waals surface area contributed by atoms with Gasteiger partial charge in [-0.15, -0.1) is 0 Å². The molecule has 6 nitrogen and oxygen atoms in total. The van der Waals surface area contributed by atoms with Crippen LogP contribution in [0, 0.1) is 0 Å². The van der Waals surface area contributed by atoms with Crippen molar-refractivity contribution in [3.05, 3.63) is 65.7 Å². The number of hydrogen-bond acceptors (Lipinski definition) is 4. The molecule has 0 unspecified atom stereocenters. The summed E-state index contributed by atoms with van der Waals surface area (Å²) >= 11 is 0. The number of benzene rings is 2. The highest BCUT2D eigenvalue weighted by Crippen LogP contribution is 2.28. The number of nitrogens with zero attached hydrogens (tertiary/aromatic N) is 3. The molecule has 4 rings (SSSR count). The van der Waals surface area contributed by atoms with Crippen LogP contribution in [-0.4, -0.2) is 61.5 Å². The standard InChI is InChI=1S/C22H27N3O3S/c1-2-29(27,28)25-17-19-9-7-6-8-18(19)16-21(25)22(26)24-14-12-23(13-15-24)20-10-4-3-5-11-20/h3-11,21H,2,12-17H2,1H3/t21-/m0/s1. The molecule has 0 saturated carbocycles. The van der Waals surface area contributed by atoms with Crippen LogP contribution in [0.5, 0.6) is 0 Å². The molecule has 0 bridgehead atoms. The van der Waals surface area contributed by atoms with Crippen molar-refractivity contribution in [2.24, 2.45) is 0 Å². The molecule has 1 amide bonds. The number of piperazine rings is 1. The first kappa shape index (κ1) is 19.9. The smallest absolute Gasteiger partial charge is 0.241 e. The van der Waals surface area contributed by atoms with E-state index in [2.05, 4.69) is 17.0 Å². The Morgan fingerprint density at radius 1 is 0.931 bits per heavy atom. The largest absolute Gasteiger partial charge is 0.368 e.